The Morgan fingerprint density at radius 2 is 2.11 bits per heavy atom. The van der Waals surface area contributed by atoms with E-state index in [1.165, 1.54) is 6.07 Å². The zero-order chi connectivity index (χ0) is 13.3. The maximum absolute atomic E-state index is 11.7. The predicted molar refractivity (Wildman–Crippen MR) is 68.9 cm³/mol. The first-order valence-corrected chi connectivity index (χ1v) is 5.91. The van der Waals surface area contributed by atoms with Crippen molar-refractivity contribution in [3.05, 3.63) is 23.8 Å². The third-order valence-electron chi connectivity index (χ3n) is 3.09. The maximum Gasteiger partial charge on any atom is 0.335 e. The van der Waals surface area contributed by atoms with Crippen molar-refractivity contribution in [1.29, 1.82) is 0 Å². The van der Waals surface area contributed by atoms with Gasteiger partial charge in [0.15, 0.2) is 0 Å². The molecule has 0 radical (unpaired) electrons. The molecule has 1 atom stereocenters. The van der Waals surface area contributed by atoms with Crippen LogP contribution in [-0.4, -0.2) is 23.0 Å². The molecule has 2 rings (SSSR count). The quantitative estimate of drug-likeness (QED) is 0.749. The molecule has 1 amide bonds. The van der Waals surface area contributed by atoms with E-state index in [4.69, 9.17) is 5.11 Å². The maximum atomic E-state index is 11.7. The van der Waals surface area contributed by atoms with Crippen LogP contribution in [0.15, 0.2) is 18.2 Å². The molecule has 5 heteroatoms. The van der Waals surface area contributed by atoms with E-state index in [0.717, 1.165) is 0 Å². The molecule has 1 aromatic carbocycles. The van der Waals surface area contributed by atoms with E-state index in [-0.39, 0.29) is 23.4 Å². The van der Waals surface area contributed by atoms with Crippen LogP contribution in [0.4, 0.5) is 11.4 Å². The fourth-order valence-electron chi connectivity index (χ4n) is 1.96. The number of amides is 1. The van der Waals surface area contributed by atoms with Gasteiger partial charge in [-0.1, -0.05) is 13.8 Å². The van der Waals surface area contributed by atoms with Gasteiger partial charge >= 0.3 is 5.97 Å². The molecule has 1 aliphatic heterocycles. The van der Waals surface area contributed by atoms with Crippen LogP contribution in [0.1, 0.15) is 30.6 Å². The van der Waals surface area contributed by atoms with E-state index in [2.05, 4.69) is 10.6 Å². The Bertz CT molecular complexity index is 497. The number of carbonyl (C=O) groups excluding carboxylic acids is 1. The third kappa shape index (κ3) is 2.45. The number of rotatable bonds is 2. The first-order chi connectivity index (χ1) is 8.47. The second kappa shape index (κ2) is 4.68. The molecule has 0 spiro atoms. The minimum atomic E-state index is -0.976. The van der Waals surface area contributed by atoms with Gasteiger partial charge in [-0.15, -0.1) is 0 Å². The fraction of sp³-hybridized carbons (Fsp3) is 0.385. The number of benzene rings is 1. The molecule has 18 heavy (non-hydrogen) atoms. The molecule has 3 N–H and O–H groups in total. The second-order valence-corrected chi connectivity index (χ2v) is 4.81. The summed E-state index contributed by atoms with van der Waals surface area (Å²) >= 11 is 0. The van der Waals surface area contributed by atoms with E-state index in [9.17, 15) is 9.59 Å². The molecule has 1 aliphatic rings. The lowest BCUT2D eigenvalue weighted by Crippen LogP contribution is -2.27. The summed E-state index contributed by atoms with van der Waals surface area (Å²) in [6.07, 6.45) is 0.384. The van der Waals surface area contributed by atoms with Crippen LogP contribution < -0.4 is 10.6 Å². The van der Waals surface area contributed by atoms with E-state index >= 15 is 0 Å². The fourth-order valence-corrected chi connectivity index (χ4v) is 1.96. The molecule has 1 aromatic rings. The lowest BCUT2D eigenvalue weighted by atomic mass is 10.0. The Balaban J connectivity index is 2.39. The van der Waals surface area contributed by atoms with E-state index in [1.54, 1.807) is 12.1 Å². The van der Waals surface area contributed by atoms with Crippen molar-refractivity contribution in [3.63, 3.8) is 0 Å². The zero-order valence-corrected chi connectivity index (χ0v) is 10.4. The lowest BCUT2D eigenvalue weighted by molar-refractivity contribution is -0.116. The van der Waals surface area contributed by atoms with Gasteiger partial charge in [0.05, 0.1) is 16.9 Å². The molecule has 0 saturated carbocycles. The Labute approximate surface area is 105 Å². The van der Waals surface area contributed by atoms with Crippen molar-refractivity contribution in [2.24, 2.45) is 5.92 Å². The number of nitrogens with one attached hydrogen (secondary N) is 2. The summed E-state index contributed by atoms with van der Waals surface area (Å²) < 4.78 is 0. The van der Waals surface area contributed by atoms with Crippen molar-refractivity contribution in [3.8, 4) is 0 Å². The number of aromatic carboxylic acids is 1. The van der Waals surface area contributed by atoms with E-state index < -0.39 is 5.97 Å². The normalized spacial score (nSPS) is 18.6. The molecular formula is C13H16N2O3. The van der Waals surface area contributed by atoms with Crippen molar-refractivity contribution in [2.45, 2.75) is 26.3 Å². The number of anilines is 2. The van der Waals surface area contributed by atoms with Gasteiger partial charge in [-0.3, -0.25) is 4.79 Å². The highest BCUT2D eigenvalue weighted by atomic mass is 16.4. The molecule has 0 saturated heterocycles. The van der Waals surface area contributed by atoms with Gasteiger partial charge in [-0.25, -0.2) is 4.79 Å². The molecule has 0 bridgehead atoms. The molecule has 5 nitrogen and oxygen atoms in total. The summed E-state index contributed by atoms with van der Waals surface area (Å²) in [5.74, 6) is -0.741. The van der Waals surface area contributed by atoms with Crippen LogP contribution in [-0.2, 0) is 4.79 Å². The minimum absolute atomic E-state index is 0.00953. The summed E-state index contributed by atoms with van der Waals surface area (Å²) in [4.78, 5) is 22.6. The van der Waals surface area contributed by atoms with E-state index in [1.807, 2.05) is 13.8 Å². The van der Waals surface area contributed by atoms with Crippen molar-refractivity contribution in [1.82, 2.24) is 0 Å². The summed E-state index contributed by atoms with van der Waals surface area (Å²) in [5.41, 5.74) is 1.51. The Morgan fingerprint density at radius 1 is 1.39 bits per heavy atom. The molecule has 1 unspecified atom stereocenters. The van der Waals surface area contributed by atoms with Crippen LogP contribution in [0.3, 0.4) is 0 Å². The van der Waals surface area contributed by atoms with Gasteiger partial charge in [0.25, 0.3) is 0 Å². The third-order valence-corrected chi connectivity index (χ3v) is 3.09. The van der Waals surface area contributed by atoms with Gasteiger partial charge in [-0.2, -0.15) is 0 Å². The summed E-state index contributed by atoms with van der Waals surface area (Å²) in [5, 5.41) is 15.0. The van der Waals surface area contributed by atoms with Crippen molar-refractivity contribution >= 4 is 23.3 Å². The highest BCUT2D eigenvalue weighted by molar-refractivity contribution is 5.98. The molecule has 0 aliphatic carbocycles. The van der Waals surface area contributed by atoms with Gasteiger partial charge in [0, 0.05) is 12.5 Å². The number of carboxylic acid groups (broad SMARTS) is 1. The largest absolute Gasteiger partial charge is 0.478 e. The number of carboxylic acids is 1. The molecule has 0 aromatic heterocycles. The number of fused-ring (bicyclic) bond motifs is 1. The minimum Gasteiger partial charge on any atom is -0.478 e. The van der Waals surface area contributed by atoms with E-state index in [0.29, 0.717) is 17.8 Å². The van der Waals surface area contributed by atoms with Gasteiger partial charge in [0.1, 0.15) is 0 Å². The van der Waals surface area contributed by atoms with Crippen molar-refractivity contribution in [2.75, 3.05) is 10.6 Å². The van der Waals surface area contributed by atoms with Crippen LogP contribution in [0, 0.1) is 5.92 Å². The van der Waals surface area contributed by atoms with Crippen LogP contribution in [0.5, 0.6) is 0 Å². The monoisotopic (exact) mass is 248 g/mol. The second-order valence-electron chi connectivity index (χ2n) is 4.81. The Morgan fingerprint density at radius 3 is 2.72 bits per heavy atom. The van der Waals surface area contributed by atoms with Crippen molar-refractivity contribution < 1.29 is 14.7 Å². The Kier molecular flexibility index (Phi) is 3.23. The van der Waals surface area contributed by atoms with Gasteiger partial charge in [0.2, 0.25) is 5.91 Å². The predicted octanol–water partition coefficient (Wildman–Crippen LogP) is 2.16. The highest BCUT2D eigenvalue weighted by Crippen LogP contribution is 2.29. The average molecular weight is 248 g/mol. The topological polar surface area (TPSA) is 78.4 Å². The van der Waals surface area contributed by atoms with Crippen LogP contribution in [0.25, 0.3) is 0 Å². The first kappa shape index (κ1) is 12.4. The van der Waals surface area contributed by atoms with Crippen LogP contribution >= 0.6 is 0 Å². The zero-order valence-electron chi connectivity index (χ0n) is 10.4. The molecule has 0 fully saturated rings. The summed E-state index contributed by atoms with van der Waals surface area (Å²) in [7, 11) is 0. The van der Waals surface area contributed by atoms with Crippen LogP contribution in [0.2, 0.25) is 0 Å². The smallest absolute Gasteiger partial charge is 0.335 e. The average Bonchev–Trinajstić information content (AvgIpc) is 2.45. The number of carbonyl (C=O) groups is 2. The summed E-state index contributed by atoms with van der Waals surface area (Å²) in [6, 6.07) is 4.67. The summed E-state index contributed by atoms with van der Waals surface area (Å²) in [6.45, 7) is 4.05. The van der Waals surface area contributed by atoms with Gasteiger partial charge in [-0.05, 0) is 24.1 Å². The first-order valence-electron chi connectivity index (χ1n) is 5.91. The lowest BCUT2D eigenvalue weighted by Gasteiger charge is -2.20. The SMILES string of the molecule is CC(C)C1CC(=O)Nc2ccc(C(=O)O)cc2N1. The molecule has 96 valence electrons. The molecular weight excluding hydrogens is 232 g/mol. The Hall–Kier alpha value is -2.04. The standard InChI is InChI=1S/C13H16N2O3/c1-7(2)10-6-12(16)15-9-4-3-8(13(17)18)5-11(9)14-10/h3-5,7,10,14H,6H2,1-2H3,(H,15,16)(H,17,18). The van der Waals surface area contributed by atoms with Gasteiger partial charge < -0.3 is 15.7 Å². The highest BCUT2D eigenvalue weighted by Gasteiger charge is 2.23. The number of hydrogen-bond acceptors (Lipinski definition) is 3. The number of hydrogen-bond donors (Lipinski definition) is 3. The molecule has 1 heterocycles.